The Morgan fingerprint density at radius 2 is 2.07 bits per heavy atom. The Balaban J connectivity index is 0.00000240. The number of nitrogens with one attached hydrogen (secondary N) is 2. The molecule has 29 heavy (non-hydrogen) atoms. The third kappa shape index (κ3) is 5.59. The van der Waals surface area contributed by atoms with Crippen LogP contribution < -0.4 is 15.5 Å². The van der Waals surface area contributed by atoms with Gasteiger partial charge in [0.1, 0.15) is 11.6 Å². The Kier molecular flexibility index (Phi) is 8.10. The Bertz CT molecular complexity index is 811. The van der Waals surface area contributed by atoms with Crippen LogP contribution in [0, 0.1) is 6.92 Å². The van der Waals surface area contributed by atoms with Gasteiger partial charge in [0.05, 0.1) is 11.7 Å². The van der Waals surface area contributed by atoms with Crippen molar-refractivity contribution in [2.24, 2.45) is 4.99 Å². The molecule has 2 aliphatic heterocycles. The van der Waals surface area contributed by atoms with Gasteiger partial charge in [0.15, 0.2) is 11.1 Å². The van der Waals surface area contributed by atoms with E-state index in [9.17, 15) is 0 Å². The summed E-state index contributed by atoms with van der Waals surface area (Å²) in [5, 5.41) is 14.7. The zero-order valence-corrected chi connectivity index (χ0v) is 20.4. The number of anilines is 1. The van der Waals surface area contributed by atoms with Gasteiger partial charge in [-0.15, -0.1) is 35.3 Å². The van der Waals surface area contributed by atoms with E-state index in [1.165, 1.54) is 18.0 Å². The number of guanidine groups is 1. The lowest BCUT2D eigenvalue weighted by molar-refractivity contribution is 0.397. The highest BCUT2D eigenvalue weighted by atomic mass is 127. The van der Waals surface area contributed by atoms with Gasteiger partial charge in [-0.2, -0.15) is 5.10 Å². The topological polar surface area (TPSA) is 83.3 Å². The number of fused-ring (bicyclic) bond motifs is 1. The molecular formula is C19H31IN8S. The molecule has 0 spiro atoms. The fourth-order valence-corrected chi connectivity index (χ4v) is 4.75. The predicted molar refractivity (Wildman–Crippen MR) is 129 cm³/mol. The van der Waals surface area contributed by atoms with Gasteiger partial charge in [-0.3, -0.25) is 4.99 Å². The van der Waals surface area contributed by atoms with Gasteiger partial charge < -0.3 is 15.5 Å². The molecule has 1 unspecified atom stereocenters. The van der Waals surface area contributed by atoms with Crippen molar-refractivity contribution in [3.8, 4) is 0 Å². The summed E-state index contributed by atoms with van der Waals surface area (Å²) in [5.74, 6) is 2.70. The number of rotatable bonds is 6. The second-order valence-corrected chi connectivity index (χ2v) is 8.24. The third-order valence-corrected chi connectivity index (χ3v) is 6.14. The second kappa shape index (κ2) is 10.6. The van der Waals surface area contributed by atoms with Gasteiger partial charge >= 0.3 is 0 Å². The normalized spacial score (nSPS) is 19.0. The Morgan fingerprint density at radius 1 is 1.24 bits per heavy atom. The summed E-state index contributed by atoms with van der Waals surface area (Å²) in [7, 11) is 0. The van der Waals surface area contributed by atoms with Crippen LogP contribution in [0.3, 0.4) is 0 Å². The highest BCUT2D eigenvalue weighted by Gasteiger charge is 2.24. The van der Waals surface area contributed by atoms with E-state index < -0.39 is 0 Å². The summed E-state index contributed by atoms with van der Waals surface area (Å²) in [6, 6.07) is 0.161. The maximum absolute atomic E-state index is 4.80. The van der Waals surface area contributed by atoms with Crippen molar-refractivity contribution in [3.63, 3.8) is 0 Å². The van der Waals surface area contributed by atoms with Gasteiger partial charge in [0, 0.05) is 44.5 Å². The first-order valence-corrected chi connectivity index (χ1v) is 11.3. The minimum Gasteiger partial charge on any atom is -0.357 e. The summed E-state index contributed by atoms with van der Waals surface area (Å²) < 4.78 is 2.02. The van der Waals surface area contributed by atoms with E-state index in [0.717, 1.165) is 75.3 Å². The summed E-state index contributed by atoms with van der Waals surface area (Å²) in [6.45, 7) is 8.83. The number of aromatic nitrogens is 4. The maximum Gasteiger partial charge on any atom is 0.191 e. The van der Waals surface area contributed by atoms with Crippen LogP contribution in [0.2, 0.25) is 0 Å². The summed E-state index contributed by atoms with van der Waals surface area (Å²) in [5.41, 5.74) is 1.14. The first kappa shape index (κ1) is 22.3. The number of thiazole rings is 1. The van der Waals surface area contributed by atoms with E-state index in [2.05, 4.69) is 37.9 Å². The average Bonchev–Trinajstić information content (AvgIpc) is 3.42. The minimum atomic E-state index is 0. The van der Waals surface area contributed by atoms with E-state index in [1.54, 1.807) is 11.3 Å². The molecule has 0 aromatic carbocycles. The maximum atomic E-state index is 4.80. The highest BCUT2D eigenvalue weighted by molar-refractivity contribution is 14.0. The highest BCUT2D eigenvalue weighted by Crippen LogP contribution is 2.25. The monoisotopic (exact) mass is 530 g/mol. The Labute approximate surface area is 193 Å². The van der Waals surface area contributed by atoms with Crippen molar-refractivity contribution in [1.82, 2.24) is 30.4 Å². The molecule has 0 aliphatic carbocycles. The molecule has 2 aromatic heterocycles. The lowest BCUT2D eigenvalue weighted by Crippen LogP contribution is -2.41. The summed E-state index contributed by atoms with van der Waals surface area (Å²) in [6.07, 6.45) is 5.58. The van der Waals surface area contributed by atoms with Crippen LogP contribution in [0.4, 0.5) is 5.13 Å². The molecular weight excluding hydrogens is 499 g/mol. The molecule has 160 valence electrons. The van der Waals surface area contributed by atoms with E-state index in [0.29, 0.717) is 0 Å². The zero-order valence-electron chi connectivity index (χ0n) is 17.2. The number of halogens is 1. The van der Waals surface area contributed by atoms with Crippen molar-refractivity contribution < 1.29 is 0 Å². The van der Waals surface area contributed by atoms with E-state index in [4.69, 9.17) is 9.98 Å². The van der Waals surface area contributed by atoms with Gasteiger partial charge in [-0.25, -0.2) is 14.6 Å². The van der Waals surface area contributed by atoms with Crippen molar-refractivity contribution in [2.45, 2.75) is 58.5 Å². The molecule has 4 heterocycles. The molecule has 0 bridgehead atoms. The van der Waals surface area contributed by atoms with Crippen LogP contribution >= 0.6 is 35.3 Å². The van der Waals surface area contributed by atoms with Crippen molar-refractivity contribution in [3.05, 3.63) is 22.7 Å². The van der Waals surface area contributed by atoms with Crippen LogP contribution in [0.15, 0.2) is 10.4 Å². The van der Waals surface area contributed by atoms with Crippen LogP contribution in [0.1, 0.15) is 56.0 Å². The molecule has 0 radical (unpaired) electrons. The molecule has 2 aromatic rings. The van der Waals surface area contributed by atoms with E-state index in [1.807, 2.05) is 11.6 Å². The zero-order chi connectivity index (χ0) is 19.3. The number of nitrogens with zero attached hydrogens (tertiary/aromatic N) is 6. The molecule has 1 saturated heterocycles. The average molecular weight is 530 g/mol. The van der Waals surface area contributed by atoms with Gasteiger partial charge in [-0.1, -0.05) is 0 Å². The number of aryl methyl sites for hydroxylation is 2. The molecule has 4 rings (SSSR count). The molecule has 2 N–H and O–H groups in total. The lowest BCUT2D eigenvalue weighted by Gasteiger charge is -2.25. The molecule has 10 heteroatoms. The molecule has 2 aliphatic rings. The molecule has 0 saturated carbocycles. The molecule has 1 atom stereocenters. The van der Waals surface area contributed by atoms with Crippen LogP contribution in [0.5, 0.6) is 0 Å². The first-order valence-electron chi connectivity index (χ1n) is 10.4. The summed E-state index contributed by atoms with van der Waals surface area (Å²) in [4.78, 5) is 16.6. The third-order valence-electron chi connectivity index (χ3n) is 5.19. The number of aliphatic imine (C=N–C) groups is 1. The predicted octanol–water partition coefficient (Wildman–Crippen LogP) is 2.89. The van der Waals surface area contributed by atoms with Crippen LogP contribution in [-0.4, -0.2) is 51.9 Å². The van der Waals surface area contributed by atoms with Crippen molar-refractivity contribution >= 4 is 46.4 Å². The van der Waals surface area contributed by atoms with Gasteiger partial charge in [0.2, 0.25) is 0 Å². The molecule has 1 fully saturated rings. The quantitative estimate of drug-likeness (QED) is 0.340. The van der Waals surface area contributed by atoms with E-state index in [-0.39, 0.29) is 30.0 Å². The van der Waals surface area contributed by atoms with Crippen molar-refractivity contribution in [1.29, 1.82) is 0 Å². The smallest absolute Gasteiger partial charge is 0.191 e. The van der Waals surface area contributed by atoms with Crippen LogP contribution in [0.25, 0.3) is 0 Å². The lowest BCUT2D eigenvalue weighted by atomic mass is 10.1. The first-order chi connectivity index (χ1) is 13.7. The van der Waals surface area contributed by atoms with Crippen molar-refractivity contribution in [2.75, 3.05) is 31.1 Å². The van der Waals surface area contributed by atoms with Crippen LogP contribution in [-0.2, 0) is 13.0 Å². The largest absolute Gasteiger partial charge is 0.357 e. The summed E-state index contributed by atoms with van der Waals surface area (Å²) >= 11 is 1.76. The SMILES string of the molecule is CCNC(=NCCc1csc(N2CCCC2)n1)NC1CCCn2nc(C)nc21.I. The van der Waals surface area contributed by atoms with Gasteiger partial charge in [-0.05, 0) is 39.5 Å². The standard InChI is InChI=1S/C19H30N8S.HI/c1-3-20-18(24-16-7-6-12-27-17(16)22-14(2)25-27)21-9-8-15-13-28-19(23-15)26-10-4-5-11-26;/h13,16H,3-12H2,1-2H3,(H2,20,21,24);1H. The fraction of sp³-hybridized carbons (Fsp3) is 0.684. The fourth-order valence-electron chi connectivity index (χ4n) is 3.84. The molecule has 0 amide bonds. The minimum absolute atomic E-state index is 0. The van der Waals surface area contributed by atoms with Gasteiger partial charge in [0.25, 0.3) is 0 Å². The number of hydrogen-bond donors (Lipinski definition) is 2. The molecule has 8 nitrogen and oxygen atoms in total. The Morgan fingerprint density at radius 3 is 2.86 bits per heavy atom. The second-order valence-electron chi connectivity index (χ2n) is 7.41. The van der Waals surface area contributed by atoms with E-state index >= 15 is 0 Å². The number of hydrogen-bond acceptors (Lipinski definition) is 6. The Hall–Kier alpha value is -1.43.